The highest BCUT2D eigenvalue weighted by molar-refractivity contribution is 6.25. The smallest absolute Gasteiger partial charge is 0.143 e. The Hall–Kier alpha value is -8.40. The molecule has 294 valence electrons. The molecular formula is C60H37NO2. The van der Waals surface area contributed by atoms with Crippen molar-refractivity contribution in [3.8, 4) is 33.4 Å². The quantitative estimate of drug-likeness (QED) is 0.157. The largest absolute Gasteiger partial charge is 0.456 e. The van der Waals surface area contributed by atoms with Gasteiger partial charge < -0.3 is 13.7 Å². The van der Waals surface area contributed by atoms with Gasteiger partial charge in [0.05, 0.1) is 0 Å². The van der Waals surface area contributed by atoms with E-state index in [1.54, 1.807) is 0 Å². The molecule has 0 aliphatic carbocycles. The molecule has 0 atom stereocenters. The van der Waals surface area contributed by atoms with Crippen LogP contribution in [0.5, 0.6) is 0 Å². The van der Waals surface area contributed by atoms with Gasteiger partial charge in [-0.05, 0) is 127 Å². The average Bonchev–Trinajstić information content (AvgIpc) is 3.93. The molecule has 11 aromatic carbocycles. The Morgan fingerprint density at radius 3 is 1.22 bits per heavy atom. The molecule has 0 unspecified atom stereocenters. The van der Waals surface area contributed by atoms with Gasteiger partial charge in [-0.1, -0.05) is 158 Å². The van der Waals surface area contributed by atoms with Crippen LogP contribution in [0, 0.1) is 0 Å². The summed E-state index contributed by atoms with van der Waals surface area (Å²) >= 11 is 0. The first-order chi connectivity index (χ1) is 31.2. The molecule has 0 spiro atoms. The second-order valence-corrected chi connectivity index (χ2v) is 16.4. The zero-order chi connectivity index (χ0) is 41.4. The van der Waals surface area contributed by atoms with Crippen molar-refractivity contribution in [1.82, 2.24) is 0 Å². The SMILES string of the molecule is c1ccc2c(c1)oc1ccc(-c3ccc(N(c4ccc(-c5ccc6c7ccccc7c7ccccc7c6c5)cc4)c4ccc(-c5cccc6c5oc5ccccc56)cc4)cc3)cc12. The van der Waals surface area contributed by atoms with Crippen LogP contribution in [-0.2, 0) is 0 Å². The second-order valence-electron chi connectivity index (χ2n) is 16.4. The van der Waals surface area contributed by atoms with E-state index in [1.165, 1.54) is 43.4 Å². The van der Waals surface area contributed by atoms with E-state index in [0.29, 0.717) is 0 Å². The van der Waals surface area contributed by atoms with Gasteiger partial charge in [0.25, 0.3) is 0 Å². The Labute approximate surface area is 363 Å². The van der Waals surface area contributed by atoms with Crippen molar-refractivity contribution in [2.75, 3.05) is 4.90 Å². The monoisotopic (exact) mass is 803 g/mol. The summed E-state index contributed by atoms with van der Waals surface area (Å²) in [6.45, 7) is 0. The van der Waals surface area contributed by atoms with Crippen molar-refractivity contribution in [1.29, 1.82) is 0 Å². The zero-order valence-electron chi connectivity index (χ0n) is 34.1. The highest BCUT2D eigenvalue weighted by Gasteiger charge is 2.17. The van der Waals surface area contributed by atoms with Crippen molar-refractivity contribution in [3.05, 3.63) is 224 Å². The lowest BCUT2D eigenvalue weighted by atomic mass is 9.92. The first-order valence-corrected chi connectivity index (χ1v) is 21.5. The third kappa shape index (κ3) is 5.75. The predicted octanol–water partition coefficient (Wildman–Crippen LogP) is 17.4. The van der Waals surface area contributed by atoms with Crippen LogP contribution >= 0.6 is 0 Å². The summed E-state index contributed by atoms with van der Waals surface area (Å²) in [5, 5.41) is 12.2. The maximum Gasteiger partial charge on any atom is 0.143 e. The molecule has 13 aromatic rings. The number of hydrogen-bond acceptors (Lipinski definition) is 3. The van der Waals surface area contributed by atoms with Gasteiger partial charge in [-0.3, -0.25) is 0 Å². The minimum Gasteiger partial charge on any atom is -0.456 e. The molecule has 0 fully saturated rings. The fourth-order valence-corrected chi connectivity index (χ4v) is 9.81. The van der Waals surface area contributed by atoms with Crippen LogP contribution in [0.25, 0.3) is 110 Å². The van der Waals surface area contributed by atoms with Crippen LogP contribution < -0.4 is 4.90 Å². The maximum absolute atomic E-state index is 6.44. The minimum absolute atomic E-state index is 0.900. The lowest BCUT2D eigenvalue weighted by Crippen LogP contribution is -2.09. The molecule has 2 aromatic heterocycles. The molecule has 0 amide bonds. The lowest BCUT2D eigenvalue weighted by molar-refractivity contribution is 0.669. The van der Waals surface area contributed by atoms with Crippen LogP contribution in [-0.4, -0.2) is 0 Å². The van der Waals surface area contributed by atoms with E-state index in [0.717, 1.165) is 83.2 Å². The molecule has 0 N–H and O–H groups in total. The summed E-state index contributed by atoms with van der Waals surface area (Å²) in [5.74, 6) is 0. The summed E-state index contributed by atoms with van der Waals surface area (Å²) in [6, 6.07) is 80.6. The second kappa shape index (κ2) is 14.1. The van der Waals surface area contributed by atoms with Crippen LogP contribution in [0.3, 0.4) is 0 Å². The van der Waals surface area contributed by atoms with Gasteiger partial charge in [0, 0.05) is 44.2 Å². The maximum atomic E-state index is 6.44. The molecular weight excluding hydrogens is 767 g/mol. The van der Waals surface area contributed by atoms with Crippen molar-refractivity contribution in [2.24, 2.45) is 0 Å². The minimum atomic E-state index is 0.900. The van der Waals surface area contributed by atoms with Crippen LogP contribution in [0.4, 0.5) is 17.1 Å². The topological polar surface area (TPSA) is 29.5 Å². The molecule has 0 aliphatic heterocycles. The average molecular weight is 804 g/mol. The zero-order valence-corrected chi connectivity index (χ0v) is 34.1. The van der Waals surface area contributed by atoms with Crippen molar-refractivity contribution >= 4 is 93.3 Å². The van der Waals surface area contributed by atoms with Crippen molar-refractivity contribution < 1.29 is 8.83 Å². The summed E-state index contributed by atoms with van der Waals surface area (Å²) in [5.41, 5.74) is 13.7. The normalized spacial score (nSPS) is 11.8. The summed E-state index contributed by atoms with van der Waals surface area (Å²) in [6.07, 6.45) is 0. The molecule has 0 aliphatic rings. The molecule has 0 saturated heterocycles. The fraction of sp³-hybridized carbons (Fsp3) is 0. The Morgan fingerprint density at radius 1 is 0.238 bits per heavy atom. The molecule has 0 radical (unpaired) electrons. The van der Waals surface area contributed by atoms with E-state index in [9.17, 15) is 0 Å². The Bertz CT molecular complexity index is 3860. The summed E-state index contributed by atoms with van der Waals surface area (Å²) < 4.78 is 12.6. The standard InChI is InChI=1S/C60H37NO2/c1-2-12-49-47(10-1)48-11-3-4-13-50(48)55-36-41(26-34-51(49)55)38-20-28-43(29-21-38)61(44-30-22-39(23-31-44)42-27-35-59-56(37-42)53-15-6-7-18-57(53)62-59)45-32-24-40(25-33-45)46-16-9-17-54-52-14-5-8-19-58(52)63-60(46)54/h1-37H. The third-order valence-corrected chi connectivity index (χ3v) is 12.9. The van der Waals surface area contributed by atoms with Crippen molar-refractivity contribution in [2.45, 2.75) is 0 Å². The molecule has 3 heteroatoms. The van der Waals surface area contributed by atoms with Crippen molar-refractivity contribution in [3.63, 3.8) is 0 Å². The number of rotatable bonds is 6. The molecule has 0 bridgehead atoms. The predicted molar refractivity (Wildman–Crippen MR) is 265 cm³/mol. The van der Waals surface area contributed by atoms with Gasteiger partial charge >= 0.3 is 0 Å². The van der Waals surface area contributed by atoms with Gasteiger partial charge in [0.1, 0.15) is 22.3 Å². The third-order valence-electron chi connectivity index (χ3n) is 12.9. The molecule has 63 heavy (non-hydrogen) atoms. The van der Waals surface area contributed by atoms with Crippen LogP contribution in [0.15, 0.2) is 233 Å². The number of benzene rings is 11. The van der Waals surface area contributed by atoms with E-state index in [1.807, 2.05) is 24.3 Å². The summed E-state index contributed by atoms with van der Waals surface area (Å²) in [4.78, 5) is 2.34. The Balaban J connectivity index is 0.900. The number of furan rings is 2. The number of fused-ring (bicyclic) bond motifs is 12. The van der Waals surface area contributed by atoms with Gasteiger partial charge in [0.2, 0.25) is 0 Å². The van der Waals surface area contributed by atoms with E-state index < -0.39 is 0 Å². The Morgan fingerprint density at radius 2 is 0.635 bits per heavy atom. The highest BCUT2D eigenvalue weighted by Crippen LogP contribution is 2.42. The van der Waals surface area contributed by atoms with Crippen LogP contribution in [0.1, 0.15) is 0 Å². The summed E-state index contributed by atoms with van der Waals surface area (Å²) in [7, 11) is 0. The van der Waals surface area contributed by atoms with E-state index >= 15 is 0 Å². The molecule has 2 heterocycles. The van der Waals surface area contributed by atoms with E-state index in [4.69, 9.17) is 8.83 Å². The van der Waals surface area contributed by atoms with Gasteiger partial charge in [0.15, 0.2) is 0 Å². The Kier molecular flexibility index (Phi) is 7.91. The van der Waals surface area contributed by atoms with Gasteiger partial charge in [-0.2, -0.15) is 0 Å². The molecule has 13 rings (SSSR count). The molecule has 0 saturated carbocycles. The molecule has 3 nitrogen and oxygen atoms in total. The van der Waals surface area contributed by atoms with Crippen LogP contribution in [0.2, 0.25) is 0 Å². The van der Waals surface area contributed by atoms with E-state index in [-0.39, 0.29) is 0 Å². The highest BCUT2D eigenvalue weighted by atomic mass is 16.3. The lowest BCUT2D eigenvalue weighted by Gasteiger charge is -2.26. The fourth-order valence-electron chi connectivity index (χ4n) is 9.81. The number of nitrogens with zero attached hydrogens (tertiary/aromatic N) is 1. The first kappa shape index (κ1) is 35.4. The number of para-hydroxylation sites is 3. The first-order valence-electron chi connectivity index (χ1n) is 21.5. The van der Waals surface area contributed by atoms with Gasteiger partial charge in [-0.25, -0.2) is 0 Å². The van der Waals surface area contributed by atoms with E-state index in [2.05, 4.69) is 205 Å². The number of hydrogen-bond donors (Lipinski definition) is 0. The number of anilines is 3. The van der Waals surface area contributed by atoms with Gasteiger partial charge in [-0.15, -0.1) is 0 Å².